The van der Waals surface area contributed by atoms with Crippen LogP contribution in [-0.4, -0.2) is 55.7 Å². The lowest BCUT2D eigenvalue weighted by molar-refractivity contribution is -0.123. The van der Waals surface area contributed by atoms with E-state index in [1.807, 2.05) is 19.1 Å². The van der Waals surface area contributed by atoms with Crippen molar-refractivity contribution in [2.24, 2.45) is 5.73 Å². The van der Waals surface area contributed by atoms with Gasteiger partial charge in [0.15, 0.2) is 9.84 Å². The molecular formula is C26H33F2N3O4S. The molecule has 7 nitrogen and oxygen atoms in total. The first-order valence-electron chi connectivity index (χ1n) is 11.7. The number of halogens is 2. The van der Waals surface area contributed by atoms with Crippen LogP contribution >= 0.6 is 0 Å². The van der Waals surface area contributed by atoms with E-state index < -0.39 is 51.3 Å². The summed E-state index contributed by atoms with van der Waals surface area (Å²) in [6, 6.07) is 7.83. The molecule has 0 saturated carbocycles. The molecule has 0 aliphatic heterocycles. The van der Waals surface area contributed by atoms with Gasteiger partial charge >= 0.3 is 0 Å². The normalized spacial score (nSPS) is 14.0. The van der Waals surface area contributed by atoms with E-state index in [4.69, 9.17) is 12.2 Å². The molecule has 5 N–H and O–H groups in total. The summed E-state index contributed by atoms with van der Waals surface area (Å²) in [4.78, 5) is 12.7. The van der Waals surface area contributed by atoms with E-state index in [2.05, 4.69) is 16.6 Å². The van der Waals surface area contributed by atoms with Crippen LogP contribution in [0.5, 0.6) is 0 Å². The molecule has 0 aliphatic carbocycles. The smallest absolute Gasteiger partial charge is 0.238 e. The number of benzene rings is 2. The van der Waals surface area contributed by atoms with Gasteiger partial charge < -0.3 is 21.5 Å². The Morgan fingerprint density at radius 1 is 1.17 bits per heavy atom. The van der Waals surface area contributed by atoms with Crippen LogP contribution in [0.4, 0.5) is 8.78 Å². The maximum atomic E-state index is 13.7. The highest BCUT2D eigenvalue weighted by Gasteiger charge is 2.27. The SMILES string of the molecule is C#Cc1cccc(CNCC(O)C(Cc2cc(F)cc(F)c2)NC(=O)C(N)CS(=O)(=O)CCCC)c1. The molecule has 3 unspecified atom stereocenters. The Kier molecular flexibility index (Phi) is 11.5. The average molecular weight is 522 g/mol. The molecule has 10 heteroatoms. The minimum Gasteiger partial charge on any atom is -0.390 e. The van der Waals surface area contributed by atoms with Crippen LogP contribution in [0.2, 0.25) is 0 Å². The molecule has 2 aromatic rings. The molecule has 1 amide bonds. The van der Waals surface area contributed by atoms with Gasteiger partial charge in [-0.05, 0) is 48.2 Å². The Labute approximate surface area is 211 Å². The summed E-state index contributed by atoms with van der Waals surface area (Å²) in [6.07, 6.45) is 5.26. The largest absolute Gasteiger partial charge is 0.390 e. The van der Waals surface area contributed by atoms with Gasteiger partial charge in [-0.15, -0.1) is 6.42 Å². The lowest BCUT2D eigenvalue weighted by Crippen LogP contribution is -2.54. The van der Waals surface area contributed by atoms with Gasteiger partial charge in [0.05, 0.1) is 29.7 Å². The van der Waals surface area contributed by atoms with Crippen molar-refractivity contribution in [1.82, 2.24) is 10.6 Å². The summed E-state index contributed by atoms with van der Waals surface area (Å²) in [5.41, 5.74) is 7.64. The first-order valence-corrected chi connectivity index (χ1v) is 13.5. The maximum absolute atomic E-state index is 13.7. The van der Waals surface area contributed by atoms with Crippen molar-refractivity contribution < 1.29 is 27.1 Å². The first kappa shape index (κ1) is 29.4. The molecule has 0 aromatic heterocycles. The van der Waals surface area contributed by atoms with E-state index in [9.17, 15) is 27.1 Å². The fourth-order valence-corrected chi connectivity index (χ4v) is 5.22. The number of carbonyl (C=O) groups is 1. The third-order valence-corrected chi connectivity index (χ3v) is 7.30. The fraction of sp³-hybridized carbons (Fsp3) is 0.423. The molecule has 2 aromatic carbocycles. The molecule has 2 rings (SSSR count). The number of aliphatic hydroxyl groups excluding tert-OH is 1. The van der Waals surface area contributed by atoms with Gasteiger partial charge in [-0.3, -0.25) is 4.79 Å². The Balaban J connectivity index is 2.10. The van der Waals surface area contributed by atoms with Crippen molar-refractivity contribution >= 4 is 15.7 Å². The van der Waals surface area contributed by atoms with E-state index in [1.54, 1.807) is 12.1 Å². The summed E-state index contributed by atoms with van der Waals surface area (Å²) in [5.74, 6) is -0.454. The third-order valence-electron chi connectivity index (χ3n) is 5.53. The molecular weight excluding hydrogens is 488 g/mol. The summed E-state index contributed by atoms with van der Waals surface area (Å²) in [6.45, 7) is 2.24. The van der Waals surface area contributed by atoms with Crippen LogP contribution in [0.25, 0.3) is 0 Å². The molecule has 0 spiro atoms. The average Bonchev–Trinajstić information content (AvgIpc) is 2.81. The highest BCUT2D eigenvalue weighted by Crippen LogP contribution is 2.13. The molecule has 36 heavy (non-hydrogen) atoms. The number of unbranched alkanes of at least 4 members (excludes halogenated alkanes) is 1. The Hall–Kier alpha value is -2.84. The highest BCUT2D eigenvalue weighted by molar-refractivity contribution is 7.91. The molecule has 0 bridgehead atoms. The number of rotatable bonds is 14. The molecule has 0 saturated heterocycles. The maximum Gasteiger partial charge on any atom is 0.238 e. The number of hydrogen-bond donors (Lipinski definition) is 4. The number of nitrogens with one attached hydrogen (secondary N) is 2. The zero-order chi connectivity index (χ0) is 26.7. The van der Waals surface area contributed by atoms with Crippen molar-refractivity contribution in [1.29, 1.82) is 0 Å². The topological polar surface area (TPSA) is 122 Å². The standard InChI is InChI=1S/C26H33F2N3O4S/c1-3-5-9-36(34,35)17-23(29)26(33)31-24(13-20-11-21(27)14-22(28)12-20)25(32)16-30-15-19-8-6-7-18(4-2)10-19/h2,6-8,10-12,14,23-25,30,32H,3,5,9,13,15-17,29H2,1H3,(H,31,33). The van der Waals surface area contributed by atoms with E-state index >= 15 is 0 Å². The quantitative estimate of drug-likeness (QED) is 0.281. The monoisotopic (exact) mass is 521 g/mol. The summed E-state index contributed by atoms with van der Waals surface area (Å²) in [7, 11) is -3.54. The minimum absolute atomic E-state index is 0.0209. The zero-order valence-electron chi connectivity index (χ0n) is 20.2. The van der Waals surface area contributed by atoms with E-state index in [-0.39, 0.29) is 24.3 Å². The lowest BCUT2D eigenvalue weighted by Gasteiger charge is -2.26. The molecule has 0 aliphatic rings. The van der Waals surface area contributed by atoms with Crippen LogP contribution in [0.15, 0.2) is 42.5 Å². The van der Waals surface area contributed by atoms with E-state index in [1.165, 1.54) is 0 Å². The number of aliphatic hydroxyl groups is 1. The van der Waals surface area contributed by atoms with Gasteiger partial charge in [-0.2, -0.15) is 0 Å². The number of carbonyl (C=O) groups excluding carboxylic acids is 1. The Morgan fingerprint density at radius 2 is 1.86 bits per heavy atom. The predicted molar refractivity (Wildman–Crippen MR) is 136 cm³/mol. The number of hydrogen-bond acceptors (Lipinski definition) is 6. The highest BCUT2D eigenvalue weighted by atomic mass is 32.2. The van der Waals surface area contributed by atoms with Gasteiger partial charge in [0.25, 0.3) is 0 Å². The summed E-state index contributed by atoms with van der Waals surface area (Å²) < 4.78 is 51.8. The van der Waals surface area contributed by atoms with Gasteiger partial charge in [-0.25, -0.2) is 17.2 Å². The minimum atomic E-state index is -3.54. The number of nitrogens with two attached hydrogens (primary N) is 1. The second-order valence-electron chi connectivity index (χ2n) is 8.71. The second kappa shape index (κ2) is 14.0. The number of amides is 1. The predicted octanol–water partition coefficient (Wildman–Crippen LogP) is 1.67. The van der Waals surface area contributed by atoms with Gasteiger partial charge in [-0.1, -0.05) is 31.4 Å². The van der Waals surface area contributed by atoms with Crippen molar-refractivity contribution in [3.8, 4) is 12.3 Å². The van der Waals surface area contributed by atoms with Crippen LogP contribution < -0.4 is 16.4 Å². The Bertz CT molecular complexity index is 1150. The van der Waals surface area contributed by atoms with Crippen LogP contribution in [0.1, 0.15) is 36.5 Å². The summed E-state index contributed by atoms with van der Waals surface area (Å²) >= 11 is 0. The fourth-order valence-electron chi connectivity index (χ4n) is 3.63. The lowest BCUT2D eigenvalue weighted by atomic mass is 10.00. The van der Waals surface area contributed by atoms with Gasteiger partial charge in [0.2, 0.25) is 5.91 Å². The van der Waals surface area contributed by atoms with Crippen LogP contribution in [0, 0.1) is 24.0 Å². The molecule has 196 valence electrons. The van der Waals surface area contributed by atoms with Crippen molar-refractivity contribution in [2.45, 2.75) is 50.9 Å². The van der Waals surface area contributed by atoms with Crippen LogP contribution in [-0.2, 0) is 27.6 Å². The zero-order valence-corrected chi connectivity index (χ0v) is 21.0. The van der Waals surface area contributed by atoms with Crippen molar-refractivity contribution in [3.63, 3.8) is 0 Å². The van der Waals surface area contributed by atoms with Crippen molar-refractivity contribution in [3.05, 3.63) is 70.8 Å². The van der Waals surface area contributed by atoms with Gasteiger partial charge in [0.1, 0.15) is 11.6 Å². The van der Waals surface area contributed by atoms with Gasteiger partial charge in [0, 0.05) is 24.7 Å². The van der Waals surface area contributed by atoms with Crippen molar-refractivity contribution in [2.75, 3.05) is 18.1 Å². The number of sulfone groups is 1. The molecule has 0 heterocycles. The summed E-state index contributed by atoms with van der Waals surface area (Å²) in [5, 5.41) is 16.4. The van der Waals surface area contributed by atoms with E-state index in [0.29, 0.717) is 24.9 Å². The molecule has 0 radical (unpaired) electrons. The molecule has 0 fully saturated rings. The second-order valence-corrected chi connectivity index (χ2v) is 10.9. The molecule has 3 atom stereocenters. The van der Waals surface area contributed by atoms with Crippen LogP contribution in [0.3, 0.4) is 0 Å². The Morgan fingerprint density at radius 3 is 2.50 bits per heavy atom. The first-order chi connectivity index (χ1) is 17.0. The third kappa shape index (κ3) is 10.0. The van der Waals surface area contributed by atoms with E-state index in [0.717, 1.165) is 23.8 Å². The number of terminal acetylenes is 1.